The second-order valence-electron chi connectivity index (χ2n) is 5.09. The van der Waals surface area contributed by atoms with Crippen molar-refractivity contribution in [2.24, 2.45) is 0 Å². The molecule has 3 N–H and O–H groups in total. The van der Waals surface area contributed by atoms with Crippen molar-refractivity contribution in [3.05, 3.63) is 30.5 Å². The van der Waals surface area contributed by atoms with Gasteiger partial charge in [0.15, 0.2) is 0 Å². The molecule has 1 amide bonds. The Morgan fingerprint density at radius 2 is 2.06 bits per heavy atom. The molecule has 0 aliphatic rings. The van der Waals surface area contributed by atoms with Crippen molar-refractivity contribution in [2.75, 3.05) is 11.2 Å². The first-order chi connectivity index (χ1) is 8.37. The van der Waals surface area contributed by atoms with Crippen LogP contribution in [0.1, 0.15) is 20.8 Å². The van der Waals surface area contributed by atoms with Crippen molar-refractivity contribution >= 4 is 22.7 Å². The molecule has 0 spiro atoms. The number of nitrogens with one attached hydrogen (secondary N) is 1. The standard InChI is InChI=1S/C13H17N3O2/c1-13(2,3)18-12(17)15-10-5-4-6-11-9(10)7-8-16(11)14/h4-8H,14H2,1-3H3,(H,15,17). The Kier molecular flexibility index (Phi) is 2.90. The van der Waals surface area contributed by atoms with Crippen molar-refractivity contribution in [3.8, 4) is 0 Å². The van der Waals surface area contributed by atoms with Crippen LogP contribution in [0.5, 0.6) is 0 Å². The summed E-state index contributed by atoms with van der Waals surface area (Å²) in [5.74, 6) is 5.75. The predicted octanol–water partition coefficient (Wildman–Crippen LogP) is 2.70. The van der Waals surface area contributed by atoms with Crippen molar-refractivity contribution < 1.29 is 9.53 Å². The molecule has 2 rings (SSSR count). The number of hydrogen-bond acceptors (Lipinski definition) is 3. The summed E-state index contributed by atoms with van der Waals surface area (Å²) < 4.78 is 6.72. The van der Waals surface area contributed by atoms with E-state index in [1.54, 1.807) is 6.20 Å². The van der Waals surface area contributed by atoms with Gasteiger partial charge in [-0.3, -0.25) is 9.99 Å². The predicted molar refractivity (Wildman–Crippen MR) is 71.9 cm³/mol. The number of nitrogens with two attached hydrogens (primary N) is 1. The molecule has 0 saturated carbocycles. The molecule has 0 bridgehead atoms. The van der Waals surface area contributed by atoms with E-state index in [-0.39, 0.29) is 0 Å². The fraction of sp³-hybridized carbons (Fsp3) is 0.308. The largest absolute Gasteiger partial charge is 0.444 e. The molecule has 18 heavy (non-hydrogen) atoms. The summed E-state index contributed by atoms with van der Waals surface area (Å²) in [6.45, 7) is 5.47. The van der Waals surface area contributed by atoms with E-state index in [2.05, 4.69) is 5.32 Å². The smallest absolute Gasteiger partial charge is 0.412 e. The van der Waals surface area contributed by atoms with Crippen LogP contribution in [0, 0.1) is 0 Å². The zero-order valence-corrected chi connectivity index (χ0v) is 10.7. The number of amides is 1. The molecule has 0 saturated heterocycles. The summed E-state index contributed by atoms with van der Waals surface area (Å²) in [5, 5.41) is 3.61. The van der Waals surface area contributed by atoms with Crippen LogP contribution < -0.4 is 11.2 Å². The monoisotopic (exact) mass is 247 g/mol. The van der Waals surface area contributed by atoms with Gasteiger partial charge in [-0.1, -0.05) is 6.07 Å². The van der Waals surface area contributed by atoms with Gasteiger partial charge in [0.25, 0.3) is 0 Å². The number of aromatic nitrogens is 1. The van der Waals surface area contributed by atoms with E-state index < -0.39 is 11.7 Å². The quantitative estimate of drug-likeness (QED) is 0.761. The van der Waals surface area contributed by atoms with Crippen LogP contribution >= 0.6 is 0 Å². The number of anilines is 1. The number of nitrogens with zero attached hydrogens (tertiary/aromatic N) is 1. The van der Waals surface area contributed by atoms with Crippen LogP contribution in [0.3, 0.4) is 0 Å². The second-order valence-corrected chi connectivity index (χ2v) is 5.09. The molecule has 1 aromatic heterocycles. The lowest BCUT2D eigenvalue weighted by Gasteiger charge is -2.19. The Labute approximate surface area is 105 Å². The van der Waals surface area contributed by atoms with Crippen LogP contribution in [-0.2, 0) is 4.74 Å². The summed E-state index contributed by atoms with van der Waals surface area (Å²) in [6, 6.07) is 7.38. The molecule has 2 aromatic rings. The molecule has 0 fully saturated rings. The Balaban J connectivity index is 2.24. The van der Waals surface area contributed by atoms with E-state index in [0.29, 0.717) is 5.69 Å². The topological polar surface area (TPSA) is 69.3 Å². The minimum atomic E-state index is -0.516. The van der Waals surface area contributed by atoms with E-state index in [0.717, 1.165) is 10.9 Å². The Morgan fingerprint density at radius 1 is 1.33 bits per heavy atom. The van der Waals surface area contributed by atoms with Crippen molar-refractivity contribution in [3.63, 3.8) is 0 Å². The van der Waals surface area contributed by atoms with E-state index in [1.807, 2.05) is 45.0 Å². The summed E-state index contributed by atoms with van der Waals surface area (Å²) >= 11 is 0. The van der Waals surface area contributed by atoms with Crippen LogP contribution in [0.4, 0.5) is 10.5 Å². The highest BCUT2D eigenvalue weighted by atomic mass is 16.6. The number of hydrogen-bond donors (Lipinski definition) is 2. The molecule has 5 heteroatoms. The molecular weight excluding hydrogens is 230 g/mol. The lowest BCUT2D eigenvalue weighted by molar-refractivity contribution is 0.0636. The van der Waals surface area contributed by atoms with Crippen LogP contribution in [0.15, 0.2) is 30.5 Å². The van der Waals surface area contributed by atoms with Gasteiger partial charge in [-0.05, 0) is 39.0 Å². The Morgan fingerprint density at radius 3 is 2.72 bits per heavy atom. The third kappa shape index (κ3) is 2.56. The van der Waals surface area contributed by atoms with E-state index in [4.69, 9.17) is 10.6 Å². The molecule has 0 aliphatic heterocycles. The maximum Gasteiger partial charge on any atom is 0.412 e. The molecule has 1 heterocycles. The number of nitrogen functional groups attached to an aromatic ring is 1. The molecule has 1 aromatic carbocycles. The molecule has 0 unspecified atom stereocenters. The van der Waals surface area contributed by atoms with Gasteiger partial charge in [0.2, 0.25) is 0 Å². The lowest BCUT2D eigenvalue weighted by Crippen LogP contribution is -2.27. The highest BCUT2D eigenvalue weighted by Gasteiger charge is 2.17. The van der Waals surface area contributed by atoms with E-state index in [9.17, 15) is 4.79 Å². The summed E-state index contributed by atoms with van der Waals surface area (Å²) in [6.07, 6.45) is 1.27. The first-order valence-electron chi connectivity index (χ1n) is 5.72. The maximum absolute atomic E-state index is 11.7. The summed E-state index contributed by atoms with van der Waals surface area (Å²) in [5.41, 5.74) is 1.02. The second kappa shape index (κ2) is 4.25. The zero-order valence-electron chi connectivity index (χ0n) is 10.7. The molecule has 5 nitrogen and oxygen atoms in total. The Hall–Kier alpha value is -2.17. The van der Waals surface area contributed by atoms with Crippen molar-refractivity contribution in [1.29, 1.82) is 0 Å². The average Bonchev–Trinajstić information content (AvgIpc) is 2.59. The van der Waals surface area contributed by atoms with Gasteiger partial charge in [-0.25, -0.2) is 4.79 Å². The first-order valence-corrected chi connectivity index (χ1v) is 5.72. The summed E-state index contributed by atoms with van der Waals surface area (Å²) in [7, 11) is 0. The highest BCUT2D eigenvalue weighted by Crippen LogP contribution is 2.23. The molecule has 0 atom stereocenters. The van der Waals surface area contributed by atoms with Crippen LogP contribution in [0.25, 0.3) is 10.9 Å². The van der Waals surface area contributed by atoms with Gasteiger partial charge in [0.1, 0.15) is 5.60 Å². The fourth-order valence-electron chi connectivity index (χ4n) is 1.71. The lowest BCUT2D eigenvalue weighted by atomic mass is 10.2. The third-order valence-corrected chi connectivity index (χ3v) is 2.40. The number of fused-ring (bicyclic) bond motifs is 1. The van der Waals surface area contributed by atoms with Gasteiger partial charge in [-0.2, -0.15) is 0 Å². The van der Waals surface area contributed by atoms with Crippen LogP contribution in [0.2, 0.25) is 0 Å². The zero-order chi connectivity index (χ0) is 13.3. The van der Waals surface area contributed by atoms with Gasteiger partial charge in [0.05, 0.1) is 11.2 Å². The van der Waals surface area contributed by atoms with E-state index >= 15 is 0 Å². The number of rotatable bonds is 1. The van der Waals surface area contributed by atoms with E-state index in [1.165, 1.54) is 4.68 Å². The van der Waals surface area contributed by atoms with Gasteiger partial charge in [-0.15, -0.1) is 0 Å². The average molecular weight is 247 g/mol. The third-order valence-electron chi connectivity index (χ3n) is 2.40. The van der Waals surface area contributed by atoms with Crippen molar-refractivity contribution in [1.82, 2.24) is 4.68 Å². The van der Waals surface area contributed by atoms with Gasteiger partial charge < -0.3 is 10.6 Å². The van der Waals surface area contributed by atoms with Crippen molar-refractivity contribution in [2.45, 2.75) is 26.4 Å². The van der Waals surface area contributed by atoms with Gasteiger partial charge >= 0.3 is 6.09 Å². The number of carbonyl (C=O) groups is 1. The number of ether oxygens (including phenoxy) is 1. The number of carbonyl (C=O) groups excluding carboxylic acids is 1. The molecule has 96 valence electrons. The normalized spacial score (nSPS) is 11.5. The van der Waals surface area contributed by atoms with Gasteiger partial charge in [0, 0.05) is 11.6 Å². The maximum atomic E-state index is 11.7. The van der Waals surface area contributed by atoms with Crippen LogP contribution in [-0.4, -0.2) is 16.4 Å². The SMILES string of the molecule is CC(C)(C)OC(=O)Nc1cccc2c1ccn2N. The minimum Gasteiger partial charge on any atom is -0.444 e. The number of benzene rings is 1. The fourth-order valence-corrected chi connectivity index (χ4v) is 1.71. The minimum absolute atomic E-state index is 0.472. The molecular formula is C13H17N3O2. The first kappa shape index (κ1) is 12.3. The molecule has 0 radical (unpaired) electrons. The highest BCUT2D eigenvalue weighted by molar-refractivity contribution is 5.99. The molecule has 0 aliphatic carbocycles. The Bertz CT molecular complexity index is 581. The summed E-state index contributed by atoms with van der Waals surface area (Å²) in [4.78, 5) is 11.7.